The Morgan fingerprint density at radius 2 is 2.08 bits per heavy atom. The Hall–Kier alpha value is -0.0800. The van der Waals surface area contributed by atoms with Crippen molar-refractivity contribution in [1.29, 1.82) is 0 Å². The van der Waals surface area contributed by atoms with Crippen molar-refractivity contribution < 1.29 is 4.74 Å². The third kappa shape index (κ3) is 1.50. The largest absolute Gasteiger partial charge is 0.373 e. The smallest absolute Gasteiger partial charge is 0.0706 e. The predicted octanol–water partition coefficient (Wildman–Crippen LogP) is 1.65. The van der Waals surface area contributed by atoms with E-state index < -0.39 is 0 Å². The first-order valence-electron chi connectivity index (χ1n) is 5.17. The quantitative estimate of drug-likeness (QED) is 0.546. The molecule has 12 heavy (non-hydrogen) atoms. The van der Waals surface area contributed by atoms with Crippen molar-refractivity contribution in [3.8, 4) is 0 Å². The molecule has 2 heteroatoms. The van der Waals surface area contributed by atoms with Gasteiger partial charge in [-0.25, -0.2) is 0 Å². The molecule has 0 aromatic carbocycles. The molecule has 0 aliphatic carbocycles. The molecule has 70 valence electrons. The molecule has 0 amide bonds. The molecule has 3 unspecified atom stereocenters. The van der Waals surface area contributed by atoms with Gasteiger partial charge in [-0.2, -0.15) is 0 Å². The second kappa shape index (κ2) is 3.35. The molecule has 0 spiro atoms. The number of morpholine rings is 1. The van der Waals surface area contributed by atoms with Gasteiger partial charge in [0.25, 0.3) is 0 Å². The average Bonchev–Trinajstić information content (AvgIpc) is 2.04. The second-order valence-electron chi connectivity index (χ2n) is 4.21. The molecule has 2 aliphatic rings. The Bertz CT molecular complexity index is 160. The van der Waals surface area contributed by atoms with Crippen LogP contribution in [0.15, 0.2) is 0 Å². The molecule has 2 fully saturated rings. The molecule has 0 N–H and O–H groups in total. The molecule has 2 saturated heterocycles. The lowest BCUT2D eigenvalue weighted by molar-refractivity contribution is -0.114. The first-order chi connectivity index (χ1) is 5.77. The molecule has 2 nitrogen and oxygen atoms in total. The summed E-state index contributed by atoms with van der Waals surface area (Å²) in [6.45, 7) is 6.84. The van der Waals surface area contributed by atoms with Gasteiger partial charge in [0, 0.05) is 12.6 Å². The van der Waals surface area contributed by atoms with E-state index in [9.17, 15) is 0 Å². The predicted molar refractivity (Wildman–Crippen MR) is 49.2 cm³/mol. The van der Waals surface area contributed by atoms with Gasteiger partial charge in [-0.05, 0) is 33.2 Å². The summed E-state index contributed by atoms with van der Waals surface area (Å²) in [6, 6.07) is 0.718. The van der Waals surface area contributed by atoms with Crippen LogP contribution in [0, 0.1) is 0 Å². The van der Waals surface area contributed by atoms with Gasteiger partial charge >= 0.3 is 0 Å². The van der Waals surface area contributed by atoms with Crippen LogP contribution in [-0.2, 0) is 4.74 Å². The normalized spacial score (nSPS) is 44.0. The van der Waals surface area contributed by atoms with Crippen molar-refractivity contribution in [1.82, 2.24) is 4.90 Å². The zero-order valence-corrected chi connectivity index (χ0v) is 8.12. The summed E-state index contributed by atoms with van der Waals surface area (Å²) in [5.41, 5.74) is 0. The van der Waals surface area contributed by atoms with Crippen molar-refractivity contribution in [2.24, 2.45) is 0 Å². The van der Waals surface area contributed by atoms with E-state index >= 15 is 0 Å². The summed E-state index contributed by atoms with van der Waals surface area (Å²) >= 11 is 0. The zero-order chi connectivity index (χ0) is 8.55. The molecule has 0 aromatic heterocycles. The van der Waals surface area contributed by atoms with Crippen LogP contribution in [0.1, 0.15) is 33.1 Å². The molecular weight excluding hydrogens is 150 g/mol. The SMILES string of the molecule is CC1CN2CCCCC2C(C)O1. The van der Waals surface area contributed by atoms with Crippen molar-refractivity contribution >= 4 is 0 Å². The first-order valence-corrected chi connectivity index (χ1v) is 5.17. The topological polar surface area (TPSA) is 12.5 Å². The van der Waals surface area contributed by atoms with Crippen LogP contribution in [0.5, 0.6) is 0 Å². The van der Waals surface area contributed by atoms with Crippen LogP contribution in [0.4, 0.5) is 0 Å². The van der Waals surface area contributed by atoms with Crippen LogP contribution < -0.4 is 0 Å². The highest BCUT2D eigenvalue weighted by atomic mass is 16.5. The summed E-state index contributed by atoms with van der Waals surface area (Å²) in [4.78, 5) is 2.61. The number of piperidine rings is 1. The molecular formula is C10H19NO. The number of hydrogen-bond acceptors (Lipinski definition) is 2. The van der Waals surface area contributed by atoms with Crippen LogP contribution in [0.2, 0.25) is 0 Å². The van der Waals surface area contributed by atoms with E-state index in [4.69, 9.17) is 4.74 Å². The summed E-state index contributed by atoms with van der Waals surface area (Å²) in [5.74, 6) is 0. The third-order valence-corrected chi connectivity index (χ3v) is 3.14. The summed E-state index contributed by atoms with van der Waals surface area (Å²) in [5, 5.41) is 0. The maximum absolute atomic E-state index is 5.81. The maximum atomic E-state index is 5.81. The molecule has 2 heterocycles. The van der Waals surface area contributed by atoms with Gasteiger partial charge < -0.3 is 4.74 Å². The van der Waals surface area contributed by atoms with E-state index in [1.165, 1.54) is 25.8 Å². The minimum Gasteiger partial charge on any atom is -0.373 e. The molecule has 0 saturated carbocycles. The average molecular weight is 169 g/mol. The van der Waals surface area contributed by atoms with Crippen LogP contribution in [0.25, 0.3) is 0 Å². The molecule has 0 aromatic rings. The molecule has 2 rings (SSSR count). The van der Waals surface area contributed by atoms with Gasteiger partial charge in [-0.3, -0.25) is 4.90 Å². The fourth-order valence-corrected chi connectivity index (χ4v) is 2.61. The minimum atomic E-state index is 0.439. The third-order valence-electron chi connectivity index (χ3n) is 3.14. The lowest BCUT2D eigenvalue weighted by Crippen LogP contribution is -2.54. The van der Waals surface area contributed by atoms with Crippen molar-refractivity contribution in [2.75, 3.05) is 13.1 Å². The Kier molecular flexibility index (Phi) is 2.37. The Balaban J connectivity index is 2.01. The van der Waals surface area contributed by atoms with Crippen molar-refractivity contribution in [3.63, 3.8) is 0 Å². The standard InChI is InChI=1S/C10H19NO/c1-8-7-11-6-4-3-5-10(11)9(2)12-8/h8-10H,3-7H2,1-2H3. The molecule has 0 bridgehead atoms. The van der Waals surface area contributed by atoms with Crippen molar-refractivity contribution in [2.45, 2.75) is 51.4 Å². The molecule has 0 radical (unpaired) electrons. The Labute approximate surface area is 74.9 Å². The Morgan fingerprint density at radius 3 is 2.92 bits per heavy atom. The number of ether oxygens (including phenoxy) is 1. The Morgan fingerprint density at radius 1 is 1.25 bits per heavy atom. The highest BCUT2D eigenvalue weighted by molar-refractivity contribution is 4.86. The fourth-order valence-electron chi connectivity index (χ4n) is 2.61. The highest BCUT2D eigenvalue weighted by Crippen LogP contribution is 2.26. The molecule has 3 atom stereocenters. The number of fused-ring (bicyclic) bond motifs is 1. The summed E-state index contributed by atoms with van der Waals surface area (Å²) < 4.78 is 5.81. The lowest BCUT2D eigenvalue weighted by Gasteiger charge is -2.45. The number of rotatable bonds is 0. The second-order valence-corrected chi connectivity index (χ2v) is 4.21. The van der Waals surface area contributed by atoms with E-state index in [1.54, 1.807) is 0 Å². The van der Waals surface area contributed by atoms with Gasteiger partial charge in [-0.15, -0.1) is 0 Å². The monoisotopic (exact) mass is 169 g/mol. The van der Waals surface area contributed by atoms with Gasteiger partial charge in [0.05, 0.1) is 12.2 Å². The first kappa shape index (κ1) is 8.52. The minimum absolute atomic E-state index is 0.439. The zero-order valence-electron chi connectivity index (χ0n) is 8.12. The van der Waals surface area contributed by atoms with E-state index in [0.29, 0.717) is 12.2 Å². The van der Waals surface area contributed by atoms with Crippen LogP contribution >= 0.6 is 0 Å². The van der Waals surface area contributed by atoms with Gasteiger partial charge in [-0.1, -0.05) is 6.42 Å². The van der Waals surface area contributed by atoms with E-state index in [2.05, 4.69) is 18.7 Å². The highest BCUT2D eigenvalue weighted by Gasteiger charge is 2.33. The van der Waals surface area contributed by atoms with Crippen LogP contribution in [0.3, 0.4) is 0 Å². The molecule has 2 aliphatic heterocycles. The van der Waals surface area contributed by atoms with Crippen molar-refractivity contribution in [3.05, 3.63) is 0 Å². The van der Waals surface area contributed by atoms with Gasteiger partial charge in [0.1, 0.15) is 0 Å². The van der Waals surface area contributed by atoms with E-state index in [-0.39, 0.29) is 0 Å². The number of hydrogen-bond donors (Lipinski definition) is 0. The number of nitrogens with zero attached hydrogens (tertiary/aromatic N) is 1. The van der Waals surface area contributed by atoms with Crippen LogP contribution in [-0.4, -0.2) is 36.2 Å². The van der Waals surface area contributed by atoms with E-state index in [1.807, 2.05) is 0 Å². The van der Waals surface area contributed by atoms with E-state index in [0.717, 1.165) is 12.6 Å². The van der Waals surface area contributed by atoms with Gasteiger partial charge in [0.2, 0.25) is 0 Å². The summed E-state index contributed by atoms with van der Waals surface area (Å²) in [6.07, 6.45) is 5.01. The summed E-state index contributed by atoms with van der Waals surface area (Å²) in [7, 11) is 0. The lowest BCUT2D eigenvalue weighted by atomic mass is 9.96. The fraction of sp³-hybridized carbons (Fsp3) is 1.00. The maximum Gasteiger partial charge on any atom is 0.0706 e. The van der Waals surface area contributed by atoms with Gasteiger partial charge in [0.15, 0.2) is 0 Å².